The standard InChI is InChI=1S/C12H15N5.ClH/c13-12(14)17-7-3-6-10(17)11-15-8-4-1-2-5-9(8)16-11;/h1-2,4-5,10H,3,6-7H2,(H3,13,14)(H,15,16);1H. The van der Waals surface area contributed by atoms with Gasteiger partial charge in [0.1, 0.15) is 5.82 Å². The first-order valence-corrected chi connectivity index (χ1v) is 5.81. The van der Waals surface area contributed by atoms with Crippen LogP contribution >= 0.6 is 12.4 Å². The highest BCUT2D eigenvalue weighted by molar-refractivity contribution is 5.85. The maximum Gasteiger partial charge on any atom is 0.189 e. The third kappa shape index (κ3) is 2.01. The molecule has 2 aromatic rings. The summed E-state index contributed by atoms with van der Waals surface area (Å²) in [7, 11) is 0. The molecule has 0 amide bonds. The maximum absolute atomic E-state index is 7.57. The number of H-pyrrole nitrogens is 1. The van der Waals surface area contributed by atoms with E-state index in [1.807, 2.05) is 29.2 Å². The number of likely N-dealkylation sites (tertiary alicyclic amines) is 1. The molecule has 18 heavy (non-hydrogen) atoms. The first kappa shape index (κ1) is 12.7. The molecule has 0 radical (unpaired) electrons. The number of benzene rings is 1. The quantitative estimate of drug-likeness (QED) is 0.545. The predicted octanol–water partition coefficient (Wildman–Crippen LogP) is 2.02. The molecule has 1 aromatic heterocycles. The largest absolute Gasteiger partial charge is 0.370 e. The SMILES string of the molecule is Cl.N=C(N)N1CCCC1c1nc2ccccc2[nH]1. The van der Waals surface area contributed by atoms with Crippen LogP contribution in [0, 0.1) is 5.41 Å². The van der Waals surface area contributed by atoms with E-state index in [-0.39, 0.29) is 24.4 Å². The Hall–Kier alpha value is -1.75. The molecule has 1 aliphatic heterocycles. The molecule has 3 rings (SSSR count). The van der Waals surface area contributed by atoms with Crippen LogP contribution in [0.4, 0.5) is 0 Å². The first-order chi connectivity index (χ1) is 8.25. The van der Waals surface area contributed by atoms with Crippen molar-refractivity contribution in [2.75, 3.05) is 6.54 Å². The van der Waals surface area contributed by atoms with Gasteiger partial charge in [-0.3, -0.25) is 5.41 Å². The van der Waals surface area contributed by atoms with Crippen LogP contribution in [0.3, 0.4) is 0 Å². The number of hydrogen-bond acceptors (Lipinski definition) is 2. The van der Waals surface area contributed by atoms with Crippen LogP contribution in [0.25, 0.3) is 11.0 Å². The summed E-state index contributed by atoms with van der Waals surface area (Å²) in [4.78, 5) is 9.80. The lowest BCUT2D eigenvalue weighted by atomic mass is 10.2. The second kappa shape index (κ2) is 4.86. The molecule has 4 N–H and O–H groups in total. The molecular weight excluding hydrogens is 250 g/mol. The first-order valence-electron chi connectivity index (χ1n) is 5.81. The van der Waals surface area contributed by atoms with Crippen LogP contribution in [0.2, 0.25) is 0 Å². The van der Waals surface area contributed by atoms with Gasteiger partial charge in [0, 0.05) is 6.54 Å². The molecule has 0 saturated carbocycles. The van der Waals surface area contributed by atoms with Crippen molar-refractivity contribution in [3.8, 4) is 0 Å². The highest BCUT2D eigenvalue weighted by Crippen LogP contribution is 2.30. The maximum atomic E-state index is 7.57. The Morgan fingerprint density at radius 3 is 2.94 bits per heavy atom. The predicted molar refractivity (Wildman–Crippen MR) is 73.9 cm³/mol. The fourth-order valence-corrected chi connectivity index (χ4v) is 2.47. The Labute approximate surface area is 111 Å². The minimum atomic E-state index is 0. The Morgan fingerprint density at radius 2 is 2.22 bits per heavy atom. The number of imidazole rings is 1. The summed E-state index contributed by atoms with van der Waals surface area (Å²) in [5.74, 6) is 1.05. The normalized spacial score (nSPS) is 18.9. The van der Waals surface area contributed by atoms with Gasteiger partial charge in [-0.2, -0.15) is 0 Å². The lowest BCUT2D eigenvalue weighted by molar-refractivity contribution is 0.380. The molecule has 6 heteroatoms. The number of rotatable bonds is 1. The zero-order chi connectivity index (χ0) is 11.8. The molecule has 5 nitrogen and oxygen atoms in total. The summed E-state index contributed by atoms with van der Waals surface area (Å²) in [5, 5.41) is 7.57. The summed E-state index contributed by atoms with van der Waals surface area (Å²) in [6, 6.07) is 8.09. The van der Waals surface area contributed by atoms with Crippen molar-refractivity contribution in [2.45, 2.75) is 18.9 Å². The molecule has 1 aromatic carbocycles. The van der Waals surface area contributed by atoms with Gasteiger partial charge >= 0.3 is 0 Å². The van der Waals surface area contributed by atoms with Crippen molar-refractivity contribution in [2.24, 2.45) is 5.73 Å². The number of aromatic nitrogens is 2. The number of hydrogen-bond donors (Lipinski definition) is 3. The fourth-order valence-electron chi connectivity index (χ4n) is 2.47. The minimum Gasteiger partial charge on any atom is -0.370 e. The Balaban J connectivity index is 0.00000120. The lowest BCUT2D eigenvalue weighted by Crippen LogP contribution is -2.36. The second-order valence-electron chi connectivity index (χ2n) is 4.38. The average Bonchev–Trinajstić information content (AvgIpc) is 2.95. The zero-order valence-electron chi connectivity index (χ0n) is 9.89. The molecule has 0 bridgehead atoms. The number of nitrogens with zero attached hydrogens (tertiary/aromatic N) is 2. The summed E-state index contributed by atoms with van der Waals surface area (Å²) in [6.45, 7) is 0.844. The van der Waals surface area contributed by atoms with E-state index in [9.17, 15) is 0 Å². The van der Waals surface area contributed by atoms with Crippen LogP contribution < -0.4 is 5.73 Å². The van der Waals surface area contributed by atoms with Crippen LogP contribution in [-0.4, -0.2) is 27.4 Å². The Kier molecular flexibility index (Phi) is 3.43. The molecule has 1 aliphatic rings. The van der Waals surface area contributed by atoms with E-state index < -0.39 is 0 Å². The molecular formula is C12H16ClN5. The molecule has 0 spiro atoms. The van der Waals surface area contributed by atoms with E-state index in [1.165, 1.54) is 0 Å². The smallest absolute Gasteiger partial charge is 0.189 e. The van der Waals surface area contributed by atoms with E-state index in [1.54, 1.807) is 0 Å². The van der Waals surface area contributed by atoms with Crippen LogP contribution in [0.1, 0.15) is 24.7 Å². The molecule has 1 fully saturated rings. The van der Waals surface area contributed by atoms with Crippen molar-refractivity contribution in [3.63, 3.8) is 0 Å². The monoisotopic (exact) mass is 265 g/mol. The van der Waals surface area contributed by atoms with Gasteiger partial charge in [0.2, 0.25) is 0 Å². The van der Waals surface area contributed by atoms with Crippen LogP contribution in [0.15, 0.2) is 24.3 Å². The topological polar surface area (TPSA) is 81.8 Å². The van der Waals surface area contributed by atoms with Crippen molar-refractivity contribution >= 4 is 29.4 Å². The highest BCUT2D eigenvalue weighted by atomic mass is 35.5. The van der Waals surface area contributed by atoms with Gasteiger partial charge in [-0.15, -0.1) is 12.4 Å². The van der Waals surface area contributed by atoms with Crippen molar-refractivity contribution in [1.29, 1.82) is 5.41 Å². The second-order valence-corrected chi connectivity index (χ2v) is 4.38. The number of nitrogens with two attached hydrogens (primary N) is 1. The number of nitrogens with one attached hydrogen (secondary N) is 2. The Morgan fingerprint density at radius 1 is 1.44 bits per heavy atom. The Bertz CT molecular complexity index is 531. The average molecular weight is 266 g/mol. The van der Waals surface area contributed by atoms with Gasteiger partial charge in [-0.05, 0) is 25.0 Å². The molecule has 1 atom stereocenters. The van der Waals surface area contributed by atoms with E-state index >= 15 is 0 Å². The van der Waals surface area contributed by atoms with Gasteiger partial charge in [0.05, 0.1) is 17.1 Å². The minimum absolute atomic E-state index is 0. The summed E-state index contributed by atoms with van der Waals surface area (Å²) in [5.41, 5.74) is 7.60. The number of guanidine groups is 1. The van der Waals surface area contributed by atoms with Crippen LogP contribution in [0.5, 0.6) is 0 Å². The van der Waals surface area contributed by atoms with E-state index in [4.69, 9.17) is 11.1 Å². The van der Waals surface area contributed by atoms with Gasteiger partial charge in [-0.1, -0.05) is 12.1 Å². The van der Waals surface area contributed by atoms with Gasteiger partial charge in [-0.25, -0.2) is 4.98 Å². The van der Waals surface area contributed by atoms with E-state index in [0.717, 1.165) is 36.2 Å². The molecule has 0 aliphatic carbocycles. The van der Waals surface area contributed by atoms with Crippen molar-refractivity contribution < 1.29 is 0 Å². The number of aromatic amines is 1. The molecule has 2 heterocycles. The zero-order valence-corrected chi connectivity index (χ0v) is 10.7. The van der Waals surface area contributed by atoms with Crippen molar-refractivity contribution in [3.05, 3.63) is 30.1 Å². The van der Waals surface area contributed by atoms with E-state index in [0.29, 0.717) is 0 Å². The number of para-hydroxylation sites is 2. The summed E-state index contributed by atoms with van der Waals surface area (Å²) < 4.78 is 0. The lowest BCUT2D eigenvalue weighted by Gasteiger charge is -2.22. The molecule has 1 unspecified atom stereocenters. The third-order valence-corrected chi connectivity index (χ3v) is 3.29. The third-order valence-electron chi connectivity index (χ3n) is 3.29. The molecule has 96 valence electrons. The van der Waals surface area contributed by atoms with Gasteiger partial charge in [0.15, 0.2) is 5.96 Å². The number of halogens is 1. The van der Waals surface area contributed by atoms with Gasteiger partial charge in [0.25, 0.3) is 0 Å². The number of fused-ring (bicyclic) bond motifs is 1. The van der Waals surface area contributed by atoms with Crippen LogP contribution in [-0.2, 0) is 0 Å². The van der Waals surface area contributed by atoms with E-state index in [2.05, 4.69) is 9.97 Å². The van der Waals surface area contributed by atoms with Crippen molar-refractivity contribution in [1.82, 2.24) is 14.9 Å². The summed E-state index contributed by atoms with van der Waals surface area (Å²) in [6.07, 6.45) is 2.06. The molecule has 1 saturated heterocycles. The summed E-state index contributed by atoms with van der Waals surface area (Å²) >= 11 is 0. The highest BCUT2D eigenvalue weighted by Gasteiger charge is 2.29. The fraction of sp³-hybridized carbons (Fsp3) is 0.333. The van der Waals surface area contributed by atoms with Gasteiger partial charge < -0.3 is 15.6 Å².